The molecule has 1 aliphatic rings. The van der Waals surface area contributed by atoms with Crippen molar-refractivity contribution in [2.45, 2.75) is 18.9 Å². The summed E-state index contributed by atoms with van der Waals surface area (Å²) in [6.45, 7) is 1.86. The molecule has 0 spiro atoms. The van der Waals surface area contributed by atoms with Gasteiger partial charge in [-0.2, -0.15) is 0 Å². The van der Waals surface area contributed by atoms with E-state index in [1.165, 1.54) is 6.20 Å². The summed E-state index contributed by atoms with van der Waals surface area (Å²) in [4.78, 5) is 15.7. The SMILES string of the molecule is O=C(N[C@H]1CCCNC1)c1ccncc1Cl. The average molecular weight is 240 g/mol. The fraction of sp³-hybridized carbons (Fsp3) is 0.455. The number of rotatable bonds is 2. The quantitative estimate of drug-likeness (QED) is 0.816. The molecule has 1 aliphatic heterocycles. The first kappa shape index (κ1) is 11.4. The van der Waals surface area contributed by atoms with Crippen LogP contribution in [0.1, 0.15) is 23.2 Å². The number of halogens is 1. The minimum absolute atomic E-state index is 0.124. The van der Waals surface area contributed by atoms with Gasteiger partial charge in [0.1, 0.15) is 0 Å². The second-order valence-corrected chi connectivity index (χ2v) is 4.28. The van der Waals surface area contributed by atoms with Crippen molar-refractivity contribution in [3.05, 3.63) is 29.0 Å². The topological polar surface area (TPSA) is 54.0 Å². The van der Waals surface area contributed by atoms with Gasteiger partial charge in [0.2, 0.25) is 0 Å². The van der Waals surface area contributed by atoms with E-state index in [4.69, 9.17) is 11.6 Å². The van der Waals surface area contributed by atoms with Gasteiger partial charge in [-0.15, -0.1) is 0 Å². The number of nitrogens with zero attached hydrogens (tertiary/aromatic N) is 1. The van der Waals surface area contributed by atoms with E-state index in [0.717, 1.165) is 25.9 Å². The third kappa shape index (κ3) is 2.71. The van der Waals surface area contributed by atoms with Gasteiger partial charge in [-0.05, 0) is 25.5 Å². The fourth-order valence-corrected chi connectivity index (χ4v) is 2.00. The molecule has 0 aliphatic carbocycles. The van der Waals surface area contributed by atoms with E-state index in [2.05, 4.69) is 15.6 Å². The highest BCUT2D eigenvalue weighted by atomic mass is 35.5. The third-order valence-corrected chi connectivity index (χ3v) is 2.95. The number of piperidine rings is 1. The molecule has 1 aromatic heterocycles. The Hall–Kier alpha value is -1.13. The lowest BCUT2D eigenvalue weighted by molar-refractivity contribution is 0.0930. The minimum Gasteiger partial charge on any atom is -0.348 e. The number of carbonyl (C=O) groups excluding carboxylic acids is 1. The van der Waals surface area contributed by atoms with E-state index in [9.17, 15) is 4.79 Å². The van der Waals surface area contributed by atoms with Gasteiger partial charge >= 0.3 is 0 Å². The molecule has 2 N–H and O–H groups in total. The second kappa shape index (κ2) is 5.27. The number of hydrogen-bond donors (Lipinski definition) is 2. The molecular formula is C11H14ClN3O. The van der Waals surface area contributed by atoms with Crippen molar-refractivity contribution >= 4 is 17.5 Å². The lowest BCUT2D eigenvalue weighted by Gasteiger charge is -2.23. The van der Waals surface area contributed by atoms with Crippen LogP contribution in [0.15, 0.2) is 18.5 Å². The van der Waals surface area contributed by atoms with Gasteiger partial charge in [0.25, 0.3) is 5.91 Å². The van der Waals surface area contributed by atoms with Gasteiger partial charge in [-0.3, -0.25) is 9.78 Å². The fourth-order valence-electron chi connectivity index (χ4n) is 1.80. The van der Waals surface area contributed by atoms with Crippen LogP contribution in [0.3, 0.4) is 0 Å². The molecule has 4 nitrogen and oxygen atoms in total. The van der Waals surface area contributed by atoms with Gasteiger partial charge in [0.15, 0.2) is 0 Å². The Balaban J connectivity index is 2.00. The predicted octanol–water partition coefficient (Wildman–Crippen LogP) is 1.22. The Kier molecular flexibility index (Phi) is 3.74. The summed E-state index contributed by atoms with van der Waals surface area (Å²) in [5, 5.41) is 6.60. The Morgan fingerprint density at radius 2 is 2.50 bits per heavy atom. The molecule has 86 valence electrons. The van der Waals surface area contributed by atoms with Crippen molar-refractivity contribution in [3.8, 4) is 0 Å². The van der Waals surface area contributed by atoms with Crippen molar-refractivity contribution in [3.63, 3.8) is 0 Å². The van der Waals surface area contributed by atoms with Gasteiger partial charge in [-0.25, -0.2) is 0 Å². The highest BCUT2D eigenvalue weighted by Crippen LogP contribution is 2.13. The first-order valence-electron chi connectivity index (χ1n) is 5.38. The van der Waals surface area contributed by atoms with Gasteiger partial charge in [-0.1, -0.05) is 11.6 Å². The molecule has 0 radical (unpaired) electrons. The molecule has 5 heteroatoms. The van der Waals surface area contributed by atoms with Crippen LogP contribution in [0.2, 0.25) is 5.02 Å². The number of hydrogen-bond acceptors (Lipinski definition) is 3. The summed E-state index contributed by atoms with van der Waals surface area (Å²) >= 11 is 5.90. The minimum atomic E-state index is -0.124. The standard InChI is InChI=1S/C11H14ClN3O/c12-10-7-14-5-3-9(10)11(16)15-8-2-1-4-13-6-8/h3,5,7-8,13H,1-2,4,6H2,(H,15,16)/t8-/m0/s1. The van der Waals surface area contributed by atoms with E-state index >= 15 is 0 Å². The summed E-state index contributed by atoms with van der Waals surface area (Å²) in [6, 6.07) is 1.83. The Morgan fingerprint density at radius 3 is 3.19 bits per heavy atom. The van der Waals surface area contributed by atoms with E-state index in [0.29, 0.717) is 10.6 Å². The zero-order valence-electron chi connectivity index (χ0n) is 8.87. The molecule has 1 atom stereocenters. The van der Waals surface area contributed by atoms with Crippen LogP contribution >= 0.6 is 11.6 Å². The normalized spacial score (nSPS) is 20.4. The van der Waals surface area contributed by atoms with Crippen LogP contribution in [0.5, 0.6) is 0 Å². The van der Waals surface area contributed by atoms with Crippen LogP contribution < -0.4 is 10.6 Å². The predicted molar refractivity (Wildman–Crippen MR) is 62.6 cm³/mol. The molecule has 0 aromatic carbocycles. The molecule has 1 amide bonds. The highest BCUT2D eigenvalue weighted by molar-refractivity contribution is 6.33. The summed E-state index contributed by atoms with van der Waals surface area (Å²) in [5.41, 5.74) is 0.488. The number of carbonyl (C=O) groups is 1. The van der Waals surface area contributed by atoms with Crippen molar-refractivity contribution in [2.24, 2.45) is 0 Å². The molecular weight excluding hydrogens is 226 g/mol. The molecule has 2 rings (SSSR count). The summed E-state index contributed by atoms with van der Waals surface area (Å²) < 4.78 is 0. The molecule has 1 aromatic rings. The maximum absolute atomic E-state index is 11.9. The first-order valence-corrected chi connectivity index (χ1v) is 5.76. The monoisotopic (exact) mass is 239 g/mol. The van der Waals surface area contributed by atoms with Gasteiger partial charge in [0, 0.05) is 25.0 Å². The van der Waals surface area contributed by atoms with E-state index in [-0.39, 0.29) is 11.9 Å². The van der Waals surface area contributed by atoms with Crippen molar-refractivity contribution in [1.29, 1.82) is 0 Å². The second-order valence-electron chi connectivity index (χ2n) is 3.87. The number of amides is 1. The summed E-state index contributed by atoms with van der Waals surface area (Å²) in [6.07, 6.45) is 5.16. The number of pyridine rings is 1. The van der Waals surface area contributed by atoms with Crippen molar-refractivity contribution in [2.75, 3.05) is 13.1 Å². The molecule has 0 unspecified atom stereocenters. The molecule has 1 saturated heterocycles. The Labute approximate surface area is 99.4 Å². The van der Waals surface area contributed by atoms with Crippen LogP contribution in [0.25, 0.3) is 0 Å². The average Bonchev–Trinajstić information content (AvgIpc) is 2.31. The summed E-state index contributed by atoms with van der Waals surface area (Å²) in [5.74, 6) is -0.124. The zero-order chi connectivity index (χ0) is 11.4. The highest BCUT2D eigenvalue weighted by Gasteiger charge is 2.17. The Bertz CT molecular complexity index is 377. The van der Waals surface area contributed by atoms with Crippen LogP contribution in [-0.4, -0.2) is 30.0 Å². The van der Waals surface area contributed by atoms with Crippen LogP contribution in [0, 0.1) is 0 Å². The van der Waals surface area contributed by atoms with E-state index < -0.39 is 0 Å². The van der Waals surface area contributed by atoms with Gasteiger partial charge in [0.05, 0.1) is 10.6 Å². The smallest absolute Gasteiger partial charge is 0.253 e. The molecule has 16 heavy (non-hydrogen) atoms. The summed E-state index contributed by atoms with van der Waals surface area (Å²) in [7, 11) is 0. The third-order valence-electron chi connectivity index (χ3n) is 2.65. The largest absolute Gasteiger partial charge is 0.348 e. The Morgan fingerprint density at radius 1 is 1.62 bits per heavy atom. The van der Waals surface area contributed by atoms with Gasteiger partial charge < -0.3 is 10.6 Å². The van der Waals surface area contributed by atoms with Crippen LogP contribution in [0.4, 0.5) is 0 Å². The lowest BCUT2D eigenvalue weighted by Crippen LogP contribution is -2.45. The zero-order valence-corrected chi connectivity index (χ0v) is 9.63. The van der Waals surface area contributed by atoms with Crippen molar-refractivity contribution in [1.82, 2.24) is 15.6 Å². The molecule has 2 heterocycles. The van der Waals surface area contributed by atoms with Crippen LogP contribution in [-0.2, 0) is 0 Å². The molecule has 0 saturated carbocycles. The molecule has 0 bridgehead atoms. The van der Waals surface area contributed by atoms with Crippen molar-refractivity contribution < 1.29 is 4.79 Å². The molecule has 1 fully saturated rings. The van der Waals surface area contributed by atoms with E-state index in [1.807, 2.05) is 0 Å². The maximum atomic E-state index is 11.9. The lowest BCUT2D eigenvalue weighted by atomic mass is 10.1. The van der Waals surface area contributed by atoms with E-state index in [1.54, 1.807) is 12.3 Å². The number of nitrogens with one attached hydrogen (secondary N) is 2. The first-order chi connectivity index (χ1) is 7.77. The number of aromatic nitrogens is 1. The maximum Gasteiger partial charge on any atom is 0.253 e.